The number of hydrogen-bond acceptors (Lipinski definition) is 2. The lowest BCUT2D eigenvalue weighted by atomic mass is 9.75. The number of nitrogens with one attached hydrogen (secondary N) is 1. The van der Waals surface area contributed by atoms with Crippen LogP contribution in [0.2, 0.25) is 0 Å². The lowest BCUT2D eigenvalue weighted by Gasteiger charge is -2.36. The number of rotatable bonds is 5. The molecule has 1 unspecified atom stereocenters. The SMILES string of the molecule is CCN(CC1CC1)C(=O)C1(C(C)C)CCNC1. The Bertz CT molecular complexity index is 278. The highest BCUT2D eigenvalue weighted by molar-refractivity contribution is 5.83. The fourth-order valence-electron chi connectivity index (χ4n) is 2.92. The summed E-state index contributed by atoms with van der Waals surface area (Å²) in [6.07, 6.45) is 3.64. The summed E-state index contributed by atoms with van der Waals surface area (Å²) in [5, 5.41) is 3.38. The van der Waals surface area contributed by atoms with Crippen molar-refractivity contribution < 1.29 is 4.79 Å². The van der Waals surface area contributed by atoms with Crippen LogP contribution in [0.25, 0.3) is 0 Å². The van der Waals surface area contributed by atoms with E-state index in [-0.39, 0.29) is 5.41 Å². The molecule has 2 fully saturated rings. The topological polar surface area (TPSA) is 32.3 Å². The van der Waals surface area contributed by atoms with Crippen LogP contribution < -0.4 is 5.32 Å². The molecule has 1 saturated heterocycles. The van der Waals surface area contributed by atoms with Crippen LogP contribution in [0.5, 0.6) is 0 Å². The Kier molecular flexibility index (Phi) is 3.76. The van der Waals surface area contributed by atoms with Crippen LogP contribution in [0.15, 0.2) is 0 Å². The quantitative estimate of drug-likeness (QED) is 0.793. The van der Waals surface area contributed by atoms with Gasteiger partial charge in [0, 0.05) is 19.6 Å². The maximum atomic E-state index is 12.8. The Morgan fingerprint density at radius 3 is 2.59 bits per heavy atom. The van der Waals surface area contributed by atoms with Gasteiger partial charge < -0.3 is 10.2 Å². The smallest absolute Gasteiger partial charge is 0.230 e. The summed E-state index contributed by atoms with van der Waals surface area (Å²) >= 11 is 0. The maximum absolute atomic E-state index is 12.8. The van der Waals surface area contributed by atoms with Crippen molar-refractivity contribution in [2.24, 2.45) is 17.3 Å². The monoisotopic (exact) mass is 238 g/mol. The van der Waals surface area contributed by atoms with Crippen LogP contribution in [-0.4, -0.2) is 37.0 Å². The fourth-order valence-corrected chi connectivity index (χ4v) is 2.92. The second kappa shape index (κ2) is 4.97. The zero-order valence-electron chi connectivity index (χ0n) is 11.5. The second-order valence-electron chi connectivity index (χ2n) is 6.02. The van der Waals surface area contributed by atoms with Gasteiger partial charge in [0.25, 0.3) is 0 Å². The van der Waals surface area contributed by atoms with E-state index in [4.69, 9.17) is 0 Å². The summed E-state index contributed by atoms with van der Waals surface area (Å²) in [5.41, 5.74) is -0.134. The first-order valence-corrected chi connectivity index (χ1v) is 7.10. The first kappa shape index (κ1) is 12.9. The van der Waals surface area contributed by atoms with Crippen LogP contribution in [0.1, 0.15) is 40.0 Å². The zero-order valence-corrected chi connectivity index (χ0v) is 11.5. The number of hydrogen-bond donors (Lipinski definition) is 1. The minimum Gasteiger partial charge on any atom is -0.342 e. The van der Waals surface area contributed by atoms with Gasteiger partial charge in [-0.2, -0.15) is 0 Å². The lowest BCUT2D eigenvalue weighted by Crippen LogP contribution is -2.48. The molecule has 1 N–H and O–H groups in total. The average Bonchev–Trinajstić information content (AvgIpc) is 2.98. The molecule has 1 aliphatic carbocycles. The molecule has 17 heavy (non-hydrogen) atoms. The molecule has 1 aliphatic heterocycles. The first-order chi connectivity index (χ1) is 8.10. The summed E-state index contributed by atoms with van der Waals surface area (Å²) in [6.45, 7) is 10.2. The normalized spacial score (nSPS) is 28.7. The van der Waals surface area contributed by atoms with Gasteiger partial charge in [0.15, 0.2) is 0 Å². The van der Waals surface area contributed by atoms with E-state index < -0.39 is 0 Å². The van der Waals surface area contributed by atoms with Gasteiger partial charge in [-0.05, 0) is 44.6 Å². The molecular formula is C14H26N2O. The van der Waals surface area contributed by atoms with Crippen molar-refractivity contribution in [2.75, 3.05) is 26.2 Å². The molecule has 98 valence electrons. The van der Waals surface area contributed by atoms with E-state index in [2.05, 4.69) is 31.0 Å². The Morgan fingerprint density at radius 1 is 1.47 bits per heavy atom. The maximum Gasteiger partial charge on any atom is 0.230 e. The summed E-state index contributed by atoms with van der Waals surface area (Å²) < 4.78 is 0. The van der Waals surface area contributed by atoms with E-state index in [1.165, 1.54) is 12.8 Å². The van der Waals surface area contributed by atoms with Gasteiger partial charge in [0.2, 0.25) is 5.91 Å². The van der Waals surface area contributed by atoms with Crippen LogP contribution in [0, 0.1) is 17.3 Å². The van der Waals surface area contributed by atoms with Crippen molar-refractivity contribution in [1.29, 1.82) is 0 Å². The van der Waals surface area contributed by atoms with E-state index in [1.807, 2.05) is 0 Å². The van der Waals surface area contributed by atoms with E-state index in [9.17, 15) is 4.79 Å². The Labute approximate surface area is 105 Å². The third kappa shape index (κ3) is 2.49. The predicted octanol–water partition coefficient (Wildman–Crippen LogP) is 1.88. The van der Waals surface area contributed by atoms with E-state index in [0.717, 1.165) is 38.5 Å². The molecular weight excluding hydrogens is 212 g/mol. The van der Waals surface area contributed by atoms with Gasteiger partial charge in [-0.25, -0.2) is 0 Å². The zero-order chi connectivity index (χ0) is 12.5. The number of carbonyl (C=O) groups is 1. The molecule has 1 heterocycles. The van der Waals surface area contributed by atoms with Crippen molar-refractivity contribution in [3.8, 4) is 0 Å². The summed E-state index contributed by atoms with van der Waals surface area (Å²) in [6, 6.07) is 0. The van der Waals surface area contributed by atoms with Gasteiger partial charge in [0.1, 0.15) is 0 Å². The van der Waals surface area contributed by atoms with Gasteiger partial charge >= 0.3 is 0 Å². The molecule has 0 aromatic rings. The molecule has 0 spiro atoms. The van der Waals surface area contributed by atoms with E-state index in [1.54, 1.807) is 0 Å². The highest BCUT2D eigenvalue weighted by Gasteiger charge is 2.46. The standard InChI is InChI=1S/C14H26N2O/c1-4-16(9-12-5-6-12)13(17)14(11(2)3)7-8-15-10-14/h11-12,15H,4-10H2,1-3H3. The van der Waals surface area contributed by atoms with Gasteiger partial charge in [-0.3, -0.25) is 4.79 Å². The number of amides is 1. The number of carbonyl (C=O) groups excluding carboxylic acids is 1. The molecule has 0 aromatic carbocycles. The molecule has 0 aromatic heterocycles. The van der Waals surface area contributed by atoms with E-state index >= 15 is 0 Å². The number of nitrogens with zero attached hydrogens (tertiary/aromatic N) is 1. The molecule has 3 nitrogen and oxygen atoms in total. The average molecular weight is 238 g/mol. The molecule has 1 saturated carbocycles. The lowest BCUT2D eigenvalue weighted by molar-refractivity contribution is -0.143. The summed E-state index contributed by atoms with van der Waals surface area (Å²) in [7, 11) is 0. The Hall–Kier alpha value is -0.570. The van der Waals surface area contributed by atoms with Crippen LogP contribution in [0.3, 0.4) is 0 Å². The van der Waals surface area contributed by atoms with Crippen molar-refractivity contribution >= 4 is 5.91 Å². The third-order valence-corrected chi connectivity index (χ3v) is 4.56. The van der Waals surface area contributed by atoms with Gasteiger partial charge in [-0.1, -0.05) is 13.8 Å². The predicted molar refractivity (Wildman–Crippen MR) is 69.7 cm³/mol. The minimum atomic E-state index is -0.134. The molecule has 2 rings (SSSR count). The summed E-state index contributed by atoms with van der Waals surface area (Å²) in [4.78, 5) is 14.9. The first-order valence-electron chi connectivity index (χ1n) is 7.10. The van der Waals surface area contributed by atoms with E-state index in [0.29, 0.717) is 11.8 Å². The Balaban J connectivity index is 2.08. The minimum absolute atomic E-state index is 0.134. The third-order valence-electron chi connectivity index (χ3n) is 4.56. The largest absolute Gasteiger partial charge is 0.342 e. The summed E-state index contributed by atoms with van der Waals surface area (Å²) in [5.74, 6) is 1.61. The van der Waals surface area contributed by atoms with Crippen molar-refractivity contribution in [3.05, 3.63) is 0 Å². The van der Waals surface area contributed by atoms with Gasteiger partial charge in [-0.15, -0.1) is 0 Å². The van der Waals surface area contributed by atoms with Crippen LogP contribution in [0.4, 0.5) is 0 Å². The van der Waals surface area contributed by atoms with Crippen LogP contribution in [-0.2, 0) is 4.79 Å². The van der Waals surface area contributed by atoms with Crippen LogP contribution >= 0.6 is 0 Å². The second-order valence-corrected chi connectivity index (χ2v) is 6.02. The molecule has 3 heteroatoms. The molecule has 1 amide bonds. The highest BCUT2D eigenvalue weighted by Crippen LogP contribution is 2.38. The van der Waals surface area contributed by atoms with Crippen molar-refractivity contribution in [3.63, 3.8) is 0 Å². The molecule has 2 aliphatic rings. The highest BCUT2D eigenvalue weighted by atomic mass is 16.2. The van der Waals surface area contributed by atoms with Crippen molar-refractivity contribution in [1.82, 2.24) is 10.2 Å². The molecule has 1 atom stereocenters. The van der Waals surface area contributed by atoms with Crippen molar-refractivity contribution in [2.45, 2.75) is 40.0 Å². The van der Waals surface area contributed by atoms with Gasteiger partial charge in [0.05, 0.1) is 5.41 Å². The Morgan fingerprint density at radius 2 is 2.18 bits per heavy atom. The molecule has 0 bridgehead atoms. The molecule has 0 radical (unpaired) electrons. The fraction of sp³-hybridized carbons (Fsp3) is 0.929.